The van der Waals surface area contributed by atoms with E-state index in [4.69, 9.17) is 4.74 Å². The highest BCUT2D eigenvalue weighted by Gasteiger charge is 2.16. The summed E-state index contributed by atoms with van der Waals surface area (Å²) in [6, 6.07) is 7.49. The van der Waals surface area contributed by atoms with E-state index in [0.29, 0.717) is 22.9 Å². The summed E-state index contributed by atoms with van der Waals surface area (Å²) in [6.07, 6.45) is 0. The smallest absolute Gasteiger partial charge is 0.253 e. The van der Waals surface area contributed by atoms with Crippen LogP contribution in [0.2, 0.25) is 0 Å². The Bertz CT molecular complexity index is 866. The number of benzene rings is 1. The molecule has 0 unspecified atom stereocenters. The number of methoxy groups -OCH3 is 1. The largest absolute Gasteiger partial charge is 0.497 e. The lowest BCUT2D eigenvalue weighted by Gasteiger charge is -2.06. The maximum Gasteiger partial charge on any atom is 0.253 e. The minimum atomic E-state index is -0.0223. The second-order valence-corrected chi connectivity index (χ2v) is 5.09. The molecule has 0 saturated heterocycles. The zero-order valence-electron chi connectivity index (χ0n) is 12.9. The molecular formula is C16H16N4O2. The summed E-state index contributed by atoms with van der Waals surface area (Å²) in [6.45, 7) is 5.19. The molecule has 0 aliphatic heterocycles. The number of Topliss-reactive ketones (excluding diaryl/α,β-unsaturated/α-hetero) is 1. The first-order valence-corrected chi connectivity index (χ1v) is 6.90. The molecule has 22 heavy (non-hydrogen) atoms. The van der Waals surface area contributed by atoms with Crippen LogP contribution in [0, 0.1) is 13.8 Å². The van der Waals surface area contributed by atoms with E-state index in [-0.39, 0.29) is 5.78 Å². The fraction of sp³-hybridized carbons (Fsp3) is 0.250. The summed E-state index contributed by atoms with van der Waals surface area (Å²) < 4.78 is 6.76. The summed E-state index contributed by atoms with van der Waals surface area (Å²) in [4.78, 5) is 20.6. The van der Waals surface area contributed by atoms with Crippen molar-refractivity contribution < 1.29 is 9.53 Å². The van der Waals surface area contributed by atoms with Gasteiger partial charge in [0.2, 0.25) is 0 Å². The van der Waals surface area contributed by atoms with Crippen molar-refractivity contribution in [2.24, 2.45) is 0 Å². The molecule has 2 heterocycles. The molecule has 1 aromatic carbocycles. The van der Waals surface area contributed by atoms with Gasteiger partial charge in [-0.25, -0.2) is 9.50 Å². The van der Waals surface area contributed by atoms with E-state index in [1.54, 1.807) is 11.6 Å². The molecule has 0 N–H and O–H groups in total. The zero-order valence-corrected chi connectivity index (χ0v) is 12.9. The third-order valence-electron chi connectivity index (χ3n) is 3.60. The highest BCUT2D eigenvalue weighted by molar-refractivity contribution is 5.96. The van der Waals surface area contributed by atoms with Crippen molar-refractivity contribution in [2.75, 3.05) is 7.11 Å². The number of hydrogen-bond acceptors (Lipinski definition) is 5. The second kappa shape index (κ2) is 5.22. The van der Waals surface area contributed by atoms with Crippen molar-refractivity contribution in [3.63, 3.8) is 0 Å². The predicted molar refractivity (Wildman–Crippen MR) is 82.2 cm³/mol. The second-order valence-electron chi connectivity index (χ2n) is 5.09. The van der Waals surface area contributed by atoms with Gasteiger partial charge in [-0.3, -0.25) is 4.79 Å². The van der Waals surface area contributed by atoms with Gasteiger partial charge in [0.05, 0.1) is 24.1 Å². The minimum absolute atomic E-state index is 0.0223. The molecule has 0 radical (unpaired) electrons. The SMILES string of the molecule is COc1ccc(-c2nc3nc(C)c(C(C)=O)c(C)n3n2)cc1. The number of fused-ring (bicyclic) bond motifs is 1. The highest BCUT2D eigenvalue weighted by Crippen LogP contribution is 2.21. The normalized spacial score (nSPS) is 10.9. The number of ketones is 1. The quantitative estimate of drug-likeness (QED) is 0.695. The molecule has 0 aliphatic rings. The number of carbonyl (C=O) groups excluding carboxylic acids is 1. The van der Waals surface area contributed by atoms with E-state index in [1.165, 1.54) is 6.92 Å². The molecule has 0 fully saturated rings. The zero-order chi connectivity index (χ0) is 15.9. The van der Waals surface area contributed by atoms with E-state index in [0.717, 1.165) is 17.0 Å². The van der Waals surface area contributed by atoms with Gasteiger partial charge < -0.3 is 4.74 Å². The molecule has 3 aromatic rings. The molecule has 0 amide bonds. The summed E-state index contributed by atoms with van der Waals surface area (Å²) in [7, 11) is 1.62. The molecule has 0 aliphatic carbocycles. The Morgan fingerprint density at radius 1 is 1.14 bits per heavy atom. The standard InChI is InChI=1S/C16H16N4O2/c1-9-14(11(3)21)10(2)20-16(17-9)18-15(19-20)12-5-7-13(22-4)8-6-12/h5-8H,1-4H3. The van der Waals surface area contributed by atoms with Crippen LogP contribution in [0.15, 0.2) is 24.3 Å². The van der Waals surface area contributed by atoms with Crippen LogP contribution in [0.3, 0.4) is 0 Å². The number of rotatable bonds is 3. The average Bonchev–Trinajstić information content (AvgIpc) is 2.91. The lowest BCUT2D eigenvalue weighted by Crippen LogP contribution is -2.09. The fourth-order valence-electron chi connectivity index (χ4n) is 2.55. The Morgan fingerprint density at radius 3 is 2.41 bits per heavy atom. The fourth-order valence-corrected chi connectivity index (χ4v) is 2.55. The number of aromatic nitrogens is 4. The Balaban J connectivity index is 2.17. The van der Waals surface area contributed by atoms with E-state index >= 15 is 0 Å². The summed E-state index contributed by atoms with van der Waals surface area (Å²) >= 11 is 0. The van der Waals surface area contributed by atoms with Gasteiger partial charge in [0.1, 0.15) is 5.75 Å². The van der Waals surface area contributed by atoms with Crippen LogP contribution in [0.4, 0.5) is 0 Å². The van der Waals surface area contributed by atoms with Crippen LogP contribution in [-0.4, -0.2) is 32.5 Å². The van der Waals surface area contributed by atoms with Crippen molar-refractivity contribution in [2.45, 2.75) is 20.8 Å². The van der Waals surface area contributed by atoms with Gasteiger partial charge in [-0.15, -0.1) is 5.10 Å². The monoisotopic (exact) mass is 296 g/mol. The van der Waals surface area contributed by atoms with Crippen molar-refractivity contribution in [1.82, 2.24) is 19.6 Å². The maximum absolute atomic E-state index is 11.8. The van der Waals surface area contributed by atoms with Gasteiger partial charge in [-0.1, -0.05) is 0 Å². The van der Waals surface area contributed by atoms with E-state index < -0.39 is 0 Å². The third-order valence-corrected chi connectivity index (χ3v) is 3.60. The number of hydrogen-bond donors (Lipinski definition) is 0. The van der Waals surface area contributed by atoms with E-state index in [2.05, 4.69) is 15.1 Å². The third kappa shape index (κ3) is 2.22. The van der Waals surface area contributed by atoms with Crippen LogP contribution < -0.4 is 4.74 Å². The maximum atomic E-state index is 11.8. The lowest BCUT2D eigenvalue weighted by molar-refractivity contribution is 0.101. The summed E-state index contributed by atoms with van der Waals surface area (Å²) in [5.74, 6) is 1.81. The van der Waals surface area contributed by atoms with Gasteiger partial charge in [0.25, 0.3) is 5.78 Å². The molecule has 3 rings (SSSR count). The topological polar surface area (TPSA) is 69.4 Å². The highest BCUT2D eigenvalue weighted by atomic mass is 16.5. The average molecular weight is 296 g/mol. The first-order chi connectivity index (χ1) is 10.5. The van der Waals surface area contributed by atoms with Gasteiger partial charge in [-0.2, -0.15) is 4.98 Å². The van der Waals surface area contributed by atoms with Gasteiger partial charge in [0, 0.05) is 5.56 Å². The molecule has 0 bridgehead atoms. The van der Waals surface area contributed by atoms with Gasteiger partial charge in [0.15, 0.2) is 11.6 Å². The van der Waals surface area contributed by atoms with Gasteiger partial charge in [-0.05, 0) is 45.0 Å². The van der Waals surface area contributed by atoms with Crippen molar-refractivity contribution >= 4 is 11.6 Å². The van der Waals surface area contributed by atoms with Crippen molar-refractivity contribution in [3.8, 4) is 17.1 Å². The Kier molecular flexibility index (Phi) is 3.36. The van der Waals surface area contributed by atoms with Crippen LogP contribution >= 0.6 is 0 Å². The molecule has 0 atom stereocenters. The van der Waals surface area contributed by atoms with Crippen LogP contribution in [0.25, 0.3) is 17.2 Å². The molecule has 6 heteroatoms. The molecule has 6 nitrogen and oxygen atoms in total. The molecular weight excluding hydrogens is 280 g/mol. The molecule has 112 valence electrons. The summed E-state index contributed by atoms with van der Waals surface area (Å²) in [5.41, 5.74) is 2.89. The van der Waals surface area contributed by atoms with Gasteiger partial charge >= 0.3 is 0 Å². The van der Waals surface area contributed by atoms with Crippen LogP contribution in [-0.2, 0) is 0 Å². The first kappa shape index (κ1) is 14.2. The van der Waals surface area contributed by atoms with E-state index in [1.807, 2.05) is 38.1 Å². The van der Waals surface area contributed by atoms with E-state index in [9.17, 15) is 4.79 Å². The first-order valence-electron chi connectivity index (χ1n) is 6.90. The Hall–Kier alpha value is -2.76. The number of ether oxygens (including phenoxy) is 1. The number of carbonyl (C=O) groups is 1. The van der Waals surface area contributed by atoms with Crippen LogP contribution in [0.1, 0.15) is 28.7 Å². The number of nitrogens with zero attached hydrogens (tertiary/aromatic N) is 4. The molecule has 2 aromatic heterocycles. The predicted octanol–water partition coefficient (Wildman–Crippen LogP) is 2.62. The molecule has 0 spiro atoms. The van der Waals surface area contributed by atoms with Crippen molar-refractivity contribution in [3.05, 3.63) is 41.2 Å². The minimum Gasteiger partial charge on any atom is -0.497 e. The Morgan fingerprint density at radius 2 is 1.82 bits per heavy atom. The lowest BCUT2D eigenvalue weighted by atomic mass is 10.1. The Labute approximate surface area is 127 Å². The van der Waals surface area contributed by atoms with Crippen LogP contribution in [0.5, 0.6) is 5.75 Å². The summed E-state index contributed by atoms with van der Waals surface area (Å²) in [5, 5.41) is 4.47. The number of aryl methyl sites for hydroxylation is 2. The molecule has 0 saturated carbocycles. The van der Waals surface area contributed by atoms with Crippen molar-refractivity contribution in [1.29, 1.82) is 0 Å².